The molecule has 2 N–H and O–H groups in total. The van der Waals surface area contributed by atoms with Gasteiger partial charge >= 0.3 is 0 Å². The first-order valence-electron chi connectivity index (χ1n) is 5.38. The Hall–Kier alpha value is -2.11. The zero-order chi connectivity index (χ0) is 14.5. The second-order valence-corrected chi connectivity index (χ2v) is 4.25. The number of carbonyl (C=O) groups excluding carboxylic acids is 3. The lowest BCUT2D eigenvalue weighted by molar-refractivity contribution is -0.127. The molecule has 0 fully saturated rings. The number of nitrogens with zero attached hydrogens (tertiary/aromatic N) is 1. The van der Waals surface area contributed by atoms with Crippen molar-refractivity contribution in [1.82, 2.24) is 15.5 Å². The third-order valence-corrected chi connectivity index (χ3v) is 2.00. The summed E-state index contributed by atoms with van der Waals surface area (Å²) in [6.07, 6.45) is 0. The normalized spacial score (nSPS) is 9.61. The molecule has 0 aromatic heterocycles. The van der Waals surface area contributed by atoms with Gasteiger partial charge in [-0.1, -0.05) is 27.0 Å². The number of nitrogens with one attached hydrogen (secondary N) is 2. The maximum absolute atomic E-state index is 11.6. The molecule has 0 bridgehead atoms. The molecule has 0 saturated heterocycles. The van der Waals surface area contributed by atoms with E-state index in [-0.39, 0.29) is 23.2 Å². The molecule has 0 unspecified atom stereocenters. The highest BCUT2D eigenvalue weighted by Crippen LogP contribution is 1.97. The summed E-state index contributed by atoms with van der Waals surface area (Å²) in [4.78, 5) is 35.6. The first kappa shape index (κ1) is 15.9. The standard InChI is InChI=1S/C12H19N3O3/c1-7(2)10(16)13-8(3)11(17)14-9(4)12(18)15(5)6/h7H,3-4H2,1-2,5-6H3,(H,13,16)(H,14,17). The summed E-state index contributed by atoms with van der Waals surface area (Å²) < 4.78 is 0. The zero-order valence-electron chi connectivity index (χ0n) is 11.2. The van der Waals surface area contributed by atoms with E-state index in [9.17, 15) is 14.4 Å². The van der Waals surface area contributed by atoms with Crippen molar-refractivity contribution in [3.8, 4) is 0 Å². The molecular weight excluding hydrogens is 234 g/mol. The Morgan fingerprint density at radius 3 is 1.89 bits per heavy atom. The Balaban J connectivity index is 4.42. The van der Waals surface area contributed by atoms with Gasteiger partial charge in [0, 0.05) is 20.0 Å². The fourth-order valence-electron chi connectivity index (χ4n) is 0.886. The molecule has 0 saturated carbocycles. The van der Waals surface area contributed by atoms with E-state index < -0.39 is 11.8 Å². The lowest BCUT2D eigenvalue weighted by Gasteiger charge is -2.14. The van der Waals surface area contributed by atoms with Crippen LogP contribution in [0.25, 0.3) is 0 Å². The molecule has 3 amide bonds. The molecule has 0 radical (unpaired) electrons. The number of likely N-dealkylation sites (N-methyl/N-ethyl adjacent to an activating group) is 1. The van der Waals surface area contributed by atoms with E-state index in [1.54, 1.807) is 13.8 Å². The fraction of sp³-hybridized carbons (Fsp3) is 0.417. The zero-order valence-corrected chi connectivity index (χ0v) is 11.2. The van der Waals surface area contributed by atoms with E-state index >= 15 is 0 Å². The van der Waals surface area contributed by atoms with Crippen LogP contribution >= 0.6 is 0 Å². The maximum atomic E-state index is 11.6. The molecule has 0 spiro atoms. The van der Waals surface area contributed by atoms with Gasteiger partial charge < -0.3 is 15.5 Å². The second-order valence-electron chi connectivity index (χ2n) is 4.25. The Kier molecular flexibility index (Phi) is 5.81. The topological polar surface area (TPSA) is 78.5 Å². The highest BCUT2D eigenvalue weighted by molar-refractivity contribution is 6.03. The van der Waals surface area contributed by atoms with E-state index in [4.69, 9.17) is 0 Å². The lowest BCUT2D eigenvalue weighted by Crippen LogP contribution is -2.39. The average Bonchev–Trinajstić information content (AvgIpc) is 2.26. The van der Waals surface area contributed by atoms with Crippen LogP contribution in [0, 0.1) is 5.92 Å². The SMILES string of the molecule is C=C(NC(=O)C(C)C)C(=O)NC(=C)C(=O)N(C)C. The highest BCUT2D eigenvalue weighted by Gasteiger charge is 2.16. The minimum atomic E-state index is -0.663. The summed E-state index contributed by atoms with van der Waals surface area (Å²) in [5, 5.41) is 4.61. The summed E-state index contributed by atoms with van der Waals surface area (Å²) in [7, 11) is 3.07. The van der Waals surface area contributed by atoms with Gasteiger partial charge in [-0.25, -0.2) is 0 Å². The van der Waals surface area contributed by atoms with Gasteiger partial charge in [0.2, 0.25) is 5.91 Å². The van der Waals surface area contributed by atoms with Gasteiger partial charge in [-0.05, 0) is 0 Å². The first-order valence-corrected chi connectivity index (χ1v) is 5.38. The van der Waals surface area contributed by atoms with Gasteiger partial charge in [-0.3, -0.25) is 14.4 Å². The van der Waals surface area contributed by atoms with Crippen LogP contribution in [0.5, 0.6) is 0 Å². The van der Waals surface area contributed by atoms with Gasteiger partial charge in [0.25, 0.3) is 11.8 Å². The summed E-state index contributed by atoms with van der Waals surface area (Å²) in [6, 6.07) is 0. The monoisotopic (exact) mass is 253 g/mol. The van der Waals surface area contributed by atoms with E-state index in [0.717, 1.165) is 0 Å². The predicted octanol–water partition coefficient (Wildman–Crippen LogP) is -0.00960. The van der Waals surface area contributed by atoms with Gasteiger partial charge in [-0.15, -0.1) is 0 Å². The van der Waals surface area contributed by atoms with Gasteiger partial charge in [-0.2, -0.15) is 0 Å². The minimum absolute atomic E-state index is 0.0788. The highest BCUT2D eigenvalue weighted by atomic mass is 16.2. The fourth-order valence-corrected chi connectivity index (χ4v) is 0.886. The molecule has 6 heteroatoms. The van der Waals surface area contributed by atoms with E-state index in [2.05, 4.69) is 23.8 Å². The number of rotatable bonds is 5. The molecule has 0 aliphatic rings. The molecule has 6 nitrogen and oxygen atoms in total. The van der Waals surface area contributed by atoms with Crippen molar-refractivity contribution < 1.29 is 14.4 Å². The van der Waals surface area contributed by atoms with Crippen molar-refractivity contribution >= 4 is 17.7 Å². The van der Waals surface area contributed by atoms with Crippen LogP contribution in [-0.2, 0) is 14.4 Å². The number of hydrogen-bond acceptors (Lipinski definition) is 3. The Labute approximate surface area is 107 Å². The quantitative estimate of drug-likeness (QED) is 0.676. The third-order valence-electron chi connectivity index (χ3n) is 2.00. The van der Waals surface area contributed by atoms with Crippen molar-refractivity contribution in [2.24, 2.45) is 5.92 Å². The Morgan fingerprint density at radius 2 is 1.50 bits per heavy atom. The summed E-state index contributed by atoms with van der Waals surface area (Å²) in [6.45, 7) is 10.2. The summed E-state index contributed by atoms with van der Waals surface area (Å²) in [5.41, 5.74) is -0.202. The maximum Gasteiger partial charge on any atom is 0.271 e. The van der Waals surface area contributed by atoms with Crippen LogP contribution in [0.3, 0.4) is 0 Å². The van der Waals surface area contributed by atoms with Gasteiger partial charge in [0.05, 0.1) is 11.4 Å². The Bertz CT molecular complexity index is 397. The van der Waals surface area contributed by atoms with Crippen LogP contribution in [0.1, 0.15) is 13.8 Å². The third kappa shape index (κ3) is 4.82. The molecular formula is C12H19N3O3. The van der Waals surface area contributed by atoms with E-state index in [0.29, 0.717) is 0 Å². The summed E-state index contributed by atoms with van der Waals surface area (Å²) in [5.74, 6) is -1.67. The smallest absolute Gasteiger partial charge is 0.271 e. The first-order chi connectivity index (χ1) is 8.16. The molecule has 0 rings (SSSR count). The van der Waals surface area contributed by atoms with Crippen LogP contribution in [0.4, 0.5) is 0 Å². The van der Waals surface area contributed by atoms with Crippen LogP contribution in [0.2, 0.25) is 0 Å². The minimum Gasteiger partial charge on any atom is -0.344 e. The molecule has 0 aliphatic carbocycles. The second kappa shape index (κ2) is 6.58. The van der Waals surface area contributed by atoms with Crippen molar-refractivity contribution in [2.75, 3.05) is 14.1 Å². The lowest BCUT2D eigenvalue weighted by atomic mass is 10.2. The summed E-state index contributed by atoms with van der Waals surface area (Å²) >= 11 is 0. The van der Waals surface area contributed by atoms with Crippen molar-refractivity contribution in [1.29, 1.82) is 0 Å². The number of amides is 3. The van der Waals surface area contributed by atoms with Crippen molar-refractivity contribution in [3.63, 3.8) is 0 Å². The van der Waals surface area contributed by atoms with E-state index in [1.807, 2.05) is 0 Å². The molecule has 0 aromatic carbocycles. The van der Waals surface area contributed by atoms with Crippen LogP contribution in [0.15, 0.2) is 24.6 Å². The van der Waals surface area contributed by atoms with Gasteiger partial charge in [0.15, 0.2) is 0 Å². The molecule has 0 heterocycles. The molecule has 18 heavy (non-hydrogen) atoms. The van der Waals surface area contributed by atoms with Crippen LogP contribution in [-0.4, -0.2) is 36.7 Å². The van der Waals surface area contributed by atoms with Crippen molar-refractivity contribution in [3.05, 3.63) is 24.6 Å². The predicted molar refractivity (Wildman–Crippen MR) is 68.1 cm³/mol. The number of hydrogen-bond donors (Lipinski definition) is 2. The largest absolute Gasteiger partial charge is 0.344 e. The molecule has 0 atom stereocenters. The van der Waals surface area contributed by atoms with Gasteiger partial charge in [0.1, 0.15) is 0 Å². The average molecular weight is 253 g/mol. The Morgan fingerprint density at radius 1 is 1.00 bits per heavy atom. The number of carbonyl (C=O) groups is 3. The molecule has 0 aromatic rings. The molecule has 0 aliphatic heterocycles. The van der Waals surface area contributed by atoms with Crippen molar-refractivity contribution in [2.45, 2.75) is 13.8 Å². The van der Waals surface area contributed by atoms with Crippen LogP contribution < -0.4 is 10.6 Å². The van der Waals surface area contributed by atoms with E-state index in [1.165, 1.54) is 19.0 Å². The molecule has 100 valence electrons.